The molecule has 0 atom stereocenters. The molecule has 0 saturated heterocycles. The van der Waals surface area contributed by atoms with Gasteiger partial charge in [-0.2, -0.15) is 0 Å². The van der Waals surface area contributed by atoms with Crippen LogP contribution in [-0.2, 0) is 10.0 Å². The highest BCUT2D eigenvalue weighted by atomic mass is 32.2. The third-order valence-electron chi connectivity index (χ3n) is 4.11. The van der Waals surface area contributed by atoms with Gasteiger partial charge in [0.2, 0.25) is 0 Å². The Balaban J connectivity index is 1.97. The van der Waals surface area contributed by atoms with Crippen molar-refractivity contribution in [1.82, 2.24) is 0 Å². The van der Waals surface area contributed by atoms with Crippen molar-refractivity contribution in [2.45, 2.75) is 24.8 Å². The maximum Gasteiger partial charge on any atom is 0.262 e. The van der Waals surface area contributed by atoms with Crippen LogP contribution in [0.25, 0.3) is 10.8 Å². The van der Waals surface area contributed by atoms with Gasteiger partial charge >= 0.3 is 0 Å². The van der Waals surface area contributed by atoms with Gasteiger partial charge in [0.25, 0.3) is 10.0 Å². The smallest absolute Gasteiger partial charge is 0.262 e. The van der Waals surface area contributed by atoms with E-state index in [0.29, 0.717) is 16.8 Å². The van der Waals surface area contributed by atoms with Gasteiger partial charge in [0.1, 0.15) is 5.75 Å². The van der Waals surface area contributed by atoms with Crippen LogP contribution in [0.1, 0.15) is 13.8 Å². The molecule has 0 fully saturated rings. The number of benzene rings is 3. The van der Waals surface area contributed by atoms with Gasteiger partial charge in [0.05, 0.1) is 11.0 Å². The number of sulfonamides is 1. The minimum Gasteiger partial charge on any atom is -0.491 e. The highest BCUT2D eigenvalue weighted by Gasteiger charge is 2.18. The largest absolute Gasteiger partial charge is 0.491 e. The number of hydrogen-bond acceptors (Lipinski definition) is 4. The monoisotopic (exact) mass is 384 g/mol. The highest BCUT2D eigenvalue weighted by molar-refractivity contribution is 7.93. The molecule has 1 N–H and O–H groups in total. The van der Waals surface area contributed by atoms with Gasteiger partial charge in [-0.05, 0) is 50.2 Å². The van der Waals surface area contributed by atoms with Crippen molar-refractivity contribution in [2.24, 2.45) is 0 Å². The van der Waals surface area contributed by atoms with Gasteiger partial charge < -0.3 is 9.64 Å². The third-order valence-corrected chi connectivity index (χ3v) is 5.55. The molecule has 3 aromatic rings. The van der Waals surface area contributed by atoms with Gasteiger partial charge in [-0.3, -0.25) is 4.72 Å². The molecule has 0 aliphatic carbocycles. The standard InChI is InChI=1S/C21H24N2O3S/c1-15(2)26-17-13-11-16(12-14-17)22-27(24,25)21-10-6-7-18-19(21)8-5-9-20(18)23(3)4/h5-15,22H,1-4H3. The fraction of sp³-hybridized carbons (Fsp3) is 0.238. The van der Waals surface area contributed by atoms with Crippen LogP contribution in [0.4, 0.5) is 11.4 Å². The van der Waals surface area contributed by atoms with E-state index >= 15 is 0 Å². The number of ether oxygens (including phenoxy) is 1. The minimum absolute atomic E-state index is 0.0640. The topological polar surface area (TPSA) is 58.6 Å². The van der Waals surface area contributed by atoms with E-state index in [2.05, 4.69) is 4.72 Å². The normalized spacial score (nSPS) is 11.6. The molecule has 0 saturated carbocycles. The second-order valence-electron chi connectivity index (χ2n) is 6.82. The van der Waals surface area contributed by atoms with Crippen LogP contribution in [0, 0.1) is 0 Å². The van der Waals surface area contributed by atoms with E-state index in [-0.39, 0.29) is 11.0 Å². The first kappa shape index (κ1) is 19.0. The predicted molar refractivity (Wildman–Crippen MR) is 111 cm³/mol. The summed E-state index contributed by atoms with van der Waals surface area (Å²) in [6.45, 7) is 3.89. The Labute approximate surface area is 160 Å². The molecule has 0 heterocycles. The molecule has 5 nitrogen and oxygen atoms in total. The van der Waals surface area contributed by atoms with Gasteiger partial charge in [-0.15, -0.1) is 0 Å². The summed E-state index contributed by atoms with van der Waals surface area (Å²) in [7, 11) is 0.151. The van der Waals surface area contributed by atoms with Crippen LogP contribution in [0.15, 0.2) is 65.6 Å². The molecule has 0 radical (unpaired) electrons. The van der Waals surface area contributed by atoms with Crippen LogP contribution >= 0.6 is 0 Å². The van der Waals surface area contributed by atoms with Crippen LogP contribution in [0.2, 0.25) is 0 Å². The summed E-state index contributed by atoms with van der Waals surface area (Å²) in [6, 6.07) is 17.9. The summed E-state index contributed by atoms with van der Waals surface area (Å²) in [5.41, 5.74) is 1.46. The molecule has 6 heteroatoms. The van der Waals surface area contributed by atoms with E-state index in [1.54, 1.807) is 36.4 Å². The average Bonchev–Trinajstić information content (AvgIpc) is 2.61. The molecule has 3 aromatic carbocycles. The van der Waals surface area contributed by atoms with Crippen molar-refractivity contribution in [3.8, 4) is 5.75 Å². The molecule has 0 spiro atoms. The van der Waals surface area contributed by atoms with Gasteiger partial charge in [0, 0.05) is 36.2 Å². The SMILES string of the molecule is CC(C)Oc1ccc(NS(=O)(=O)c2cccc3c(N(C)C)cccc23)cc1. The van der Waals surface area contributed by atoms with Crippen molar-refractivity contribution in [2.75, 3.05) is 23.7 Å². The van der Waals surface area contributed by atoms with E-state index in [0.717, 1.165) is 11.1 Å². The van der Waals surface area contributed by atoms with E-state index in [1.807, 2.05) is 57.1 Å². The molecule has 142 valence electrons. The fourth-order valence-corrected chi connectivity index (χ4v) is 4.25. The van der Waals surface area contributed by atoms with Crippen LogP contribution in [-0.4, -0.2) is 28.6 Å². The lowest BCUT2D eigenvalue weighted by Crippen LogP contribution is -2.14. The number of rotatable bonds is 6. The lowest BCUT2D eigenvalue weighted by Gasteiger charge is -2.17. The summed E-state index contributed by atoms with van der Waals surface area (Å²) in [4.78, 5) is 2.23. The summed E-state index contributed by atoms with van der Waals surface area (Å²) in [6.07, 6.45) is 0.0640. The second-order valence-corrected chi connectivity index (χ2v) is 8.47. The molecule has 27 heavy (non-hydrogen) atoms. The Morgan fingerprint density at radius 3 is 2.15 bits per heavy atom. The zero-order valence-corrected chi connectivity index (χ0v) is 16.7. The van der Waals surface area contributed by atoms with E-state index < -0.39 is 10.0 Å². The first-order valence-electron chi connectivity index (χ1n) is 8.76. The van der Waals surface area contributed by atoms with Gasteiger partial charge in [-0.25, -0.2) is 8.42 Å². The molecule has 0 aromatic heterocycles. The number of fused-ring (bicyclic) bond motifs is 1. The lowest BCUT2D eigenvalue weighted by molar-refractivity contribution is 0.242. The lowest BCUT2D eigenvalue weighted by atomic mass is 10.1. The van der Waals surface area contributed by atoms with Crippen molar-refractivity contribution in [1.29, 1.82) is 0 Å². The highest BCUT2D eigenvalue weighted by Crippen LogP contribution is 2.31. The number of nitrogens with zero attached hydrogens (tertiary/aromatic N) is 1. The maximum absolute atomic E-state index is 13.0. The first-order valence-corrected chi connectivity index (χ1v) is 10.2. The molecule has 0 bridgehead atoms. The molecule has 0 aliphatic rings. The fourth-order valence-electron chi connectivity index (χ4n) is 2.97. The van der Waals surface area contributed by atoms with E-state index in [1.165, 1.54) is 0 Å². The molecular formula is C21H24N2O3S. The Hall–Kier alpha value is -2.73. The Kier molecular flexibility index (Phi) is 5.28. The average molecular weight is 385 g/mol. The van der Waals surface area contributed by atoms with Crippen molar-refractivity contribution in [3.63, 3.8) is 0 Å². The third kappa shape index (κ3) is 4.17. The minimum atomic E-state index is -3.73. The maximum atomic E-state index is 13.0. The van der Waals surface area contributed by atoms with Crippen LogP contribution in [0.3, 0.4) is 0 Å². The summed E-state index contributed by atoms with van der Waals surface area (Å²) in [5, 5.41) is 1.59. The first-order chi connectivity index (χ1) is 12.8. The molecule has 0 amide bonds. The Bertz CT molecular complexity index is 1040. The molecular weight excluding hydrogens is 360 g/mol. The van der Waals surface area contributed by atoms with Gasteiger partial charge in [0.15, 0.2) is 0 Å². The number of anilines is 2. The van der Waals surface area contributed by atoms with Crippen molar-refractivity contribution >= 4 is 32.2 Å². The molecule has 0 unspecified atom stereocenters. The zero-order valence-electron chi connectivity index (χ0n) is 15.9. The summed E-state index contributed by atoms with van der Waals surface area (Å²) < 4.78 is 34.3. The van der Waals surface area contributed by atoms with Crippen LogP contribution in [0.5, 0.6) is 5.75 Å². The Morgan fingerprint density at radius 1 is 0.889 bits per heavy atom. The van der Waals surface area contributed by atoms with Crippen LogP contribution < -0.4 is 14.4 Å². The van der Waals surface area contributed by atoms with E-state index in [9.17, 15) is 8.42 Å². The summed E-state index contributed by atoms with van der Waals surface area (Å²) >= 11 is 0. The van der Waals surface area contributed by atoms with E-state index in [4.69, 9.17) is 4.74 Å². The van der Waals surface area contributed by atoms with Crippen molar-refractivity contribution in [3.05, 3.63) is 60.7 Å². The molecule has 3 rings (SSSR count). The zero-order chi connectivity index (χ0) is 19.6. The number of nitrogens with one attached hydrogen (secondary N) is 1. The summed E-state index contributed by atoms with van der Waals surface area (Å²) in [5.74, 6) is 0.703. The quantitative estimate of drug-likeness (QED) is 0.680. The molecule has 0 aliphatic heterocycles. The number of hydrogen-bond donors (Lipinski definition) is 1. The van der Waals surface area contributed by atoms with Gasteiger partial charge in [-0.1, -0.05) is 24.3 Å². The Morgan fingerprint density at radius 2 is 1.52 bits per heavy atom. The second kappa shape index (κ2) is 7.48. The van der Waals surface area contributed by atoms with Crippen molar-refractivity contribution < 1.29 is 13.2 Å². The predicted octanol–water partition coefficient (Wildman–Crippen LogP) is 4.49.